The fourth-order valence-electron chi connectivity index (χ4n) is 0.992. The normalized spacial score (nSPS) is 9.91. The predicted molar refractivity (Wildman–Crippen MR) is 47.1 cm³/mol. The molecule has 0 atom stereocenters. The summed E-state index contributed by atoms with van der Waals surface area (Å²) in [5, 5.41) is 0. The van der Waals surface area contributed by atoms with Crippen molar-refractivity contribution >= 4 is 0 Å². The molecule has 0 fully saturated rings. The fourth-order valence-corrected chi connectivity index (χ4v) is 0.992. The van der Waals surface area contributed by atoms with Crippen LogP contribution >= 0.6 is 0 Å². The van der Waals surface area contributed by atoms with Crippen LogP contribution in [0.4, 0.5) is 0 Å². The van der Waals surface area contributed by atoms with E-state index in [-0.39, 0.29) is 0 Å². The van der Waals surface area contributed by atoms with Crippen LogP contribution in [-0.2, 0) is 6.42 Å². The van der Waals surface area contributed by atoms with Crippen LogP contribution < -0.4 is 0 Å². The van der Waals surface area contributed by atoms with E-state index in [1.165, 1.54) is 18.4 Å². The van der Waals surface area contributed by atoms with Crippen molar-refractivity contribution < 1.29 is 0 Å². The first-order chi connectivity index (χ1) is 5.43. The van der Waals surface area contributed by atoms with E-state index in [9.17, 15) is 0 Å². The van der Waals surface area contributed by atoms with Gasteiger partial charge in [0.2, 0.25) is 0 Å². The molecular formula is C10H14N. The standard InChI is InChI=1S/C10H14N/c1-2-3-4-6-10-7-5-8-11-9-10/h4-5,7-9H,2-3,6H2,1H3. The Morgan fingerprint density at radius 1 is 1.55 bits per heavy atom. The van der Waals surface area contributed by atoms with Gasteiger partial charge in [0.15, 0.2) is 0 Å². The second-order valence-corrected chi connectivity index (χ2v) is 2.64. The molecule has 1 aromatic rings. The van der Waals surface area contributed by atoms with Crippen LogP contribution in [0.3, 0.4) is 0 Å². The lowest BCUT2D eigenvalue weighted by Crippen LogP contribution is -1.86. The molecule has 1 heteroatoms. The Morgan fingerprint density at radius 3 is 3.09 bits per heavy atom. The van der Waals surface area contributed by atoms with E-state index in [0.717, 1.165) is 6.42 Å². The quantitative estimate of drug-likeness (QED) is 0.598. The van der Waals surface area contributed by atoms with Crippen molar-refractivity contribution in [1.82, 2.24) is 4.98 Å². The smallest absolute Gasteiger partial charge is 0.0299 e. The molecule has 0 saturated heterocycles. The second-order valence-electron chi connectivity index (χ2n) is 2.64. The summed E-state index contributed by atoms with van der Waals surface area (Å²) in [6.45, 7) is 2.19. The Balaban J connectivity index is 2.28. The fraction of sp³-hybridized carbons (Fsp3) is 0.400. The summed E-state index contributed by atoms with van der Waals surface area (Å²) in [7, 11) is 0. The Bertz CT molecular complexity index is 181. The molecule has 59 valence electrons. The van der Waals surface area contributed by atoms with Crippen molar-refractivity contribution in [2.75, 3.05) is 0 Å². The van der Waals surface area contributed by atoms with Crippen LogP contribution in [0.25, 0.3) is 0 Å². The molecule has 1 nitrogen and oxygen atoms in total. The highest BCUT2D eigenvalue weighted by Crippen LogP contribution is 2.02. The van der Waals surface area contributed by atoms with Gasteiger partial charge in [0.05, 0.1) is 0 Å². The van der Waals surface area contributed by atoms with E-state index in [1.807, 2.05) is 18.5 Å². The summed E-state index contributed by atoms with van der Waals surface area (Å²) in [6.07, 6.45) is 9.53. The lowest BCUT2D eigenvalue weighted by atomic mass is 10.1. The summed E-state index contributed by atoms with van der Waals surface area (Å²) in [5.74, 6) is 0. The molecule has 1 aromatic heterocycles. The third-order valence-electron chi connectivity index (χ3n) is 1.60. The van der Waals surface area contributed by atoms with Crippen molar-refractivity contribution in [2.45, 2.75) is 26.2 Å². The molecule has 0 saturated carbocycles. The Labute approximate surface area is 68.5 Å². The van der Waals surface area contributed by atoms with Gasteiger partial charge >= 0.3 is 0 Å². The van der Waals surface area contributed by atoms with Crippen molar-refractivity contribution in [1.29, 1.82) is 0 Å². The molecule has 0 amide bonds. The van der Waals surface area contributed by atoms with Gasteiger partial charge in [-0.05, 0) is 24.5 Å². The molecule has 0 aromatic carbocycles. The minimum absolute atomic E-state index is 1.06. The van der Waals surface area contributed by atoms with E-state index in [0.29, 0.717) is 0 Å². The van der Waals surface area contributed by atoms with E-state index in [4.69, 9.17) is 0 Å². The van der Waals surface area contributed by atoms with E-state index < -0.39 is 0 Å². The van der Waals surface area contributed by atoms with Crippen LogP contribution in [0.5, 0.6) is 0 Å². The van der Waals surface area contributed by atoms with Gasteiger partial charge in [-0.2, -0.15) is 0 Å². The third-order valence-corrected chi connectivity index (χ3v) is 1.60. The number of rotatable bonds is 4. The molecular weight excluding hydrogens is 134 g/mol. The average molecular weight is 148 g/mol. The molecule has 1 heterocycles. The molecule has 0 aliphatic heterocycles. The zero-order valence-electron chi connectivity index (χ0n) is 6.96. The molecule has 0 N–H and O–H groups in total. The van der Waals surface area contributed by atoms with Crippen molar-refractivity contribution in [3.05, 3.63) is 36.5 Å². The highest BCUT2D eigenvalue weighted by Gasteiger charge is 1.90. The molecule has 0 bridgehead atoms. The van der Waals surface area contributed by atoms with Crippen molar-refractivity contribution in [2.24, 2.45) is 0 Å². The summed E-state index contributed by atoms with van der Waals surface area (Å²) >= 11 is 0. The Morgan fingerprint density at radius 2 is 2.45 bits per heavy atom. The highest BCUT2D eigenvalue weighted by atomic mass is 14.6. The SMILES string of the molecule is CCC[CH]Cc1cccnc1. The maximum Gasteiger partial charge on any atom is 0.0299 e. The van der Waals surface area contributed by atoms with Gasteiger partial charge in [0, 0.05) is 12.4 Å². The van der Waals surface area contributed by atoms with Crippen LogP contribution in [-0.4, -0.2) is 4.98 Å². The Kier molecular flexibility index (Phi) is 3.67. The minimum Gasteiger partial charge on any atom is -0.264 e. The van der Waals surface area contributed by atoms with Gasteiger partial charge in [-0.3, -0.25) is 4.98 Å². The van der Waals surface area contributed by atoms with Gasteiger partial charge in [-0.15, -0.1) is 0 Å². The lowest BCUT2D eigenvalue weighted by molar-refractivity contribution is 0.862. The van der Waals surface area contributed by atoms with Crippen molar-refractivity contribution in [3.63, 3.8) is 0 Å². The van der Waals surface area contributed by atoms with Gasteiger partial charge in [-0.25, -0.2) is 0 Å². The summed E-state index contributed by atoms with van der Waals surface area (Å²) < 4.78 is 0. The zero-order valence-corrected chi connectivity index (χ0v) is 6.96. The minimum atomic E-state index is 1.06. The molecule has 1 radical (unpaired) electrons. The van der Waals surface area contributed by atoms with Gasteiger partial charge in [0.25, 0.3) is 0 Å². The number of pyridine rings is 1. The monoisotopic (exact) mass is 148 g/mol. The molecule has 0 spiro atoms. The second kappa shape index (κ2) is 4.89. The number of nitrogens with zero attached hydrogens (tertiary/aromatic N) is 1. The molecule has 0 unspecified atom stereocenters. The van der Waals surface area contributed by atoms with Crippen LogP contribution in [0, 0.1) is 6.42 Å². The zero-order chi connectivity index (χ0) is 7.94. The number of hydrogen-bond donors (Lipinski definition) is 0. The first-order valence-corrected chi connectivity index (χ1v) is 4.14. The highest BCUT2D eigenvalue weighted by molar-refractivity contribution is 5.10. The van der Waals surface area contributed by atoms with Crippen LogP contribution in [0.1, 0.15) is 25.3 Å². The topological polar surface area (TPSA) is 12.9 Å². The number of aromatic nitrogens is 1. The Hall–Kier alpha value is -0.850. The molecule has 1 rings (SSSR count). The summed E-state index contributed by atoms with van der Waals surface area (Å²) in [6, 6.07) is 4.09. The van der Waals surface area contributed by atoms with E-state index in [1.54, 1.807) is 0 Å². The lowest BCUT2D eigenvalue weighted by Gasteiger charge is -1.97. The molecule has 0 aliphatic rings. The predicted octanol–water partition coefficient (Wildman–Crippen LogP) is 2.63. The van der Waals surface area contributed by atoms with E-state index >= 15 is 0 Å². The van der Waals surface area contributed by atoms with Crippen LogP contribution in [0.2, 0.25) is 0 Å². The first-order valence-electron chi connectivity index (χ1n) is 4.14. The van der Waals surface area contributed by atoms with Gasteiger partial charge in [0.1, 0.15) is 0 Å². The maximum absolute atomic E-state index is 4.04. The van der Waals surface area contributed by atoms with Crippen LogP contribution in [0.15, 0.2) is 24.5 Å². The molecule has 11 heavy (non-hydrogen) atoms. The van der Waals surface area contributed by atoms with E-state index in [2.05, 4.69) is 24.4 Å². The van der Waals surface area contributed by atoms with Crippen molar-refractivity contribution in [3.8, 4) is 0 Å². The first kappa shape index (κ1) is 8.25. The third kappa shape index (κ3) is 3.17. The molecule has 0 aliphatic carbocycles. The number of hydrogen-bond acceptors (Lipinski definition) is 1. The van der Waals surface area contributed by atoms with Gasteiger partial charge < -0.3 is 0 Å². The summed E-state index contributed by atoms with van der Waals surface area (Å²) in [5.41, 5.74) is 1.31. The number of unbranched alkanes of at least 4 members (excludes halogenated alkanes) is 2. The van der Waals surface area contributed by atoms with Gasteiger partial charge in [-0.1, -0.05) is 25.8 Å². The largest absolute Gasteiger partial charge is 0.264 e. The maximum atomic E-state index is 4.04. The summed E-state index contributed by atoms with van der Waals surface area (Å²) in [4.78, 5) is 4.04. The average Bonchev–Trinajstić information content (AvgIpc) is 2.07.